The molecule has 0 spiro atoms. The van der Waals surface area contributed by atoms with Gasteiger partial charge in [-0.2, -0.15) is 0 Å². The molecule has 0 fully saturated rings. The van der Waals surface area contributed by atoms with E-state index in [9.17, 15) is 4.39 Å². The second-order valence-corrected chi connectivity index (χ2v) is 5.02. The smallest absolute Gasteiger partial charge is 0.164 e. The molecule has 0 saturated carbocycles. The molecule has 100 valence electrons. The Balaban J connectivity index is 2.24. The monoisotopic (exact) mass is 277 g/mol. The number of halogens is 2. The number of nitrogens with one attached hydrogen (secondary N) is 1. The minimum atomic E-state index is -0.394. The van der Waals surface area contributed by atoms with E-state index in [2.05, 4.69) is 43.4 Å². The molecule has 1 nitrogen and oxygen atoms in total. The molecule has 3 heteroatoms. The predicted octanol–water partition coefficient (Wildman–Crippen LogP) is 5.35. The van der Waals surface area contributed by atoms with Gasteiger partial charge in [-0.25, -0.2) is 4.39 Å². The molecule has 0 bridgehead atoms. The first-order valence-corrected chi connectivity index (χ1v) is 6.76. The predicted molar refractivity (Wildman–Crippen MR) is 79.2 cm³/mol. The standard InChI is InChI=1S/C16H17ClFN/c1-3-14(12-9-7-11(2)8-10-12)19-15-6-4-5-13(17)16(15)18/h4-10,14,19H,3H2,1-2H3. The van der Waals surface area contributed by atoms with Crippen molar-refractivity contribution in [2.24, 2.45) is 0 Å². The highest BCUT2D eigenvalue weighted by molar-refractivity contribution is 6.31. The molecule has 1 N–H and O–H groups in total. The van der Waals surface area contributed by atoms with Gasteiger partial charge in [-0.15, -0.1) is 0 Å². The van der Waals surface area contributed by atoms with Gasteiger partial charge in [0.2, 0.25) is 0 Å². The second kappa shape index (κ2) is 6.07. The van der Waals surface area contributed by atoms with E-state index in [4.69, 9.17) is 11.6 Å². The maximum absolute atomic E-state index is 13.9. The lowest BCUT2D eigenvalue weighted by molar-refractivity contribution is 0.624. The van der Waals surface area contributed by atoms with Gasteiger partial charge in [-0.1, -0.05) is 54.4 Å². The fourth-order valence-electron chi connectivity index (χ4n) is 2.02. The molecule has 2 aromatic rings. The minimum Gasteiger partial charge on any atom is -0.376 e. The van der Waals surface area contributed by atoms with Crippen LogP contribution in [0.5, 0.6) is 0 Å². The quantitative estimate of drug-likeness (QED) is 0.794. The van der Waals surface area contributed by atoms with Gasteiger partial charge in [0.15, 0.2) is 5.82 Å². The zero-order valence-electron chi connectivity index (χ0n) is 11.1. The molecule has 0 aromatic heterocycles. The van der Waals surface area contributed by atoms with Crippen molar-refractivity contribution in [3.05, 3.63) is 64.4 Å². The molecule has 1 atom stereocenters. The van der Waals surface area contributed by atoms with E-state index in [1.54, 1.807) is 18.2 Å². The third kappa shape index (κ3) is 3.27. The topological polar surface area (TPSA) is 12.0 Å². The molecule has 0 aliphatic rings. The van der Waals surface area contributed by atoms with E-state index in [-0.39, 0.29) is 11.1 Å². The number of anilines is 1. The Kier molecular flexibility index (Phi) is 4.43. The number of rotatable bonds is 4. The Morgan fingerprint density at radius 2 is 1.84 bits per heavy atom. The molecule has 0 aliphatic carbocycles. The normalized spacial score (nSPS) is 12.2. The van der Waals surface area contributed by atoms with Gasteiger partial charge in [0, 0.05) is 0 Å². The Labute approximate surface area is 118 Å². The molecule has 0 saturated heterocycles. The van der Waals surface area contributed by atoms with Crippen LogP contribution in [0.4, 0.5) is 10.1 Å². The summed E-state index contributed by atoms with van der Waals surface area (Å²) in [5, 5.41) is 3.36. The van der Waals surface area contributed by atoms with Crippen LogP contribution in [0.3, 0.4) is 0 Å². The van der Waals surface area contributed by atoms with Crippen LogP contribution in [0.1, 0.15) is 30.5 Å². The highest BCUT2D eigenvalue weighted by atomic mass is 35.5. The first-order chi connectivity index (χ1) is 9.11. The van der Waals surface area contributed by atoms with Crippen molar-refractivity contribution in [1.82, 2.24) is 0 Å². The first-order valence-electron chi connectivity index (χ1n) is 6.39. The lowest BCUT2D eigenvalue weighted by Crippen LogP contribution is -2.10. The van der Waals surface area contributed by atoms with Crippen LogP contribution in [-0.4, -0.2) is 0 Å². The summed E-state index contributed by atoms with van der Waals surface area (Å²) >= 11 is 5.79. The lowest BCUT2D eigenvalue weighted by atomic mass is 10.0. The van der Waals surface area contributed by atoms with Crippen molar-refractivity contribution < 1.29 is 4.39 Å². The molecule has 2 aromatic carbocycles. The average molecular weight is 278 g/mol. The molecule has 0 radical (unpaired) electrons. The third-order valence-corrected chi connectivity index (χ3v) is 3.46. The Bertz CT molecular complexity index is 551. The van der Waals surface area contributed by atoms with Crippen LogP contribution in [0.15, 0.2) is 42.5 Å². The average Bonchev–Trinajstić information content (AvgIpc) is 2.42. The zero-order valence-corrected chi connectivity index (χ0v) is 11.8. The Hall–Kier alpha value is -1.54. The van der Waals surface area contributed by atoms with Crippen molar-refractivity contribution in [1.29, 1.82) is 0 Å². The molecule has 0 aliphatic heterocycles. The van der Waals surface area contributed by atoms with Crippen molar-refractivity contribution in [3.63, 3.8) is 0 Å². The van der Waals surface area contributed by atoms with Gasteiger partial charge in [0.1, 0.15) is 0 Å². The van der Waals surface area contributed by atoms with E-state index in [1.165, 1.54) is 5.56 Å². The van der Waals surface area contributed by atoms with Crippen LogP contribution in [0, 0.1) is 12.7 Å². The summed E-state index contributed by atoms with van der Waals surface area (Å²) in [6.45, 7) is 4.12. The van der Waals surface area contributed by atoms with Crippen LogP contribution >= 0.6 is 11.6 Å². The minimum absolute atomic E-state index is 0.0774. The lowest BCUT2D eigenvalue weighted by Gasteiger charge is -2.19. The third-order valence-electron chi connectivity index (χ3n) is 3.17. The summed E-state index contributed by atoms with van der Waals surface area (Å²) in [5.41, 5.74) is 2.81. The second-order valence-electron chi connectivity index (χ2n) is 4.62. The zero-order chi connectivity index (χ0) is 13.8. The van der Waals surface area contributed by atoms with Gasteiger partial charge in [-0.3, -0.25) is 0 Å². The molecule has 19 heavy (non-hydrogen) atoms. The number of hydrogen-bond acceptors (Lipinski definition) is 1. The SMILES string of the molecule is CCC(Nc1cccc(Cl)c1F)c1ccc(C)cc1. The van der Waals surface area contributed by atoms with Crippen LogP contribution < -0.4 is 5.32 Å². The van der Waals surface area contributed by atoms with Crippen LogP contribution in [0.25, 0.3) is 0 Å². The van der Waals surface area contributed by atoms with Crippen molar-refractivity contribution >= 4 is 17.3 Å². The maximum atomic E-state index is 13.9. The number of hydrogen-bond donors (Lipinski definition) is 1. The first kappa shape index (κ1) is 13.9. The molecular weight excluding hydrogens is 261 g/mol. The number of benzene rings is 2. The van der Waals surface area contributed by atoms with Crippen molar-refractivity contribution in [2.45, 2.75) is 26.3 Å². The Morgan fingerprint density at radius 3 is 2.47 bits per heavy atom. The summed E-state index contributed by atoms with van der Waals surface area (Å²) in [7, 11) is 0. The van der Waals surface area contributed by atoms with E-state index in [1.807, 2.05) is 0 Å². The van der Waals surface area contributed by atoms with Gasteiger partial charge < -0.3 is 5.32 Å². The fourth-order valence-corrected chi connectivity index (χ4v) is 2.20. The fraction of sp³-hybridized carbons (Fsp3) is 0.250. The van der Waals surface area contributed by atoms with Crippen LogP contribution in [0.2, 0.25) is 5.02 Å². The number of aryl methyl sites for hydroxylation is 1. The molecular formula is C16H17ClFN. The summed E-state index contributed by atoms with van der Waals surface area (Å²) in [5.74, 6) is -0.394. The molecule has 0 amide bonds. The Morgan fingerprint density at radius 1 is 1.16 bits per heavy atom. The van der Waals surface area contributed by atoms with E-state index in [0.717, 1.165) is 12.0 Å². The van der Waals surface area contributed by atoms with Gasteiger partial charge in [0.05, 0.1) is 16.8 Å². The molecule has 1 unspecified atom stereocenters. The van der Waals surface area contributed by atoms with E-state index < -0.39 is 5.82 Å². The van der Waals surface area contributed by atoms with Crippen LogP contribution in [-0.2, 0) is 0 Å². The summed E-state index contributed by atoms with van der Waals surface area (Å²) in [6, 6.07) is 13.3. The van der Waals surface area contributed by atoms with Gasteiger partial charge in [-0.05, 0) is 31.0 Å². The van der Waals surface area contributed by atoms with E-state index >= 15 is 0 Å². The largest absolute Gasteiger partial charge is 0.376 e. The highest BCUT2D eigenvalue weighted by Crippen LogP contribution is 2.27. The molecule has 0 heterocycles. The van der Waals surface area contributed by atoms with E-state index in [0.29, 0.717) is 5.69 Å². The highest BCUT2D eigenvalue weighted by Gasteiger charge is 2.12. The summed E-state index contributed by atoms with van der Waals surface area (Å²) in [6.07, 6.45) is 0.870. The molecule has 2 rings (SSSR count). The maximum Gasteiger partial charge on any atom is 0.164 e. The summed E-state index contributed by atoms with van der Waals surface area (Å²) in [4.78, 5) is 0. The summed E-state index contributed by atoms with van der Waals surface area (Å²) < 4.78 is 13.9. The van der Waals surface area contributed by atoms with Crippen molar-refractivity contribution in [3.8, 4) is 0 Å². The van der Waals surface area contributed by atoms with Gasteiger partial charge in [0.25, 0.3) is 0 Å². The van der Waals surface area contributed by atoms with Crippen molar-refractivity contribution in [2.75, 3.05) is 5.32 Å². The van der Waals surface area contributed by atoms with Gasteiger partial charge >= 0.3 is 0 Å².